The first-order valence-corrected chi connectivity index (χ1v) is 7.55. The number of aryl methyl sites for hydroxylation is 1. The maximum absolute atomic E-state index is 11.9. The average molecular weight is 264 g/mol. The second kappa shape index (κ2) is 5.07. The standard InChI is InChI=1S/C8H16N4O2S2/c1-6(5-15-3)11-16(13,14)7-4-12(2)10-8(7)9/h4,6,11H,5H2,1-3H3,(H2,9,10). The third-order valence-electron chi connectivity index (χ3n) is 1.88. The fourth-order valence-corrected chi connectivity index (χ4v) is 3.34. The lowest BCUT2D eigenvalue weighted by atomic mass is 10.4. The number of sulfonamides is 1. The number of nitrogens with zero attached hydrogens (tertiary/aromatic N) is 2. The molecule has 0 aliphatic carbocycles. The van der Waals surface area contributed by atoms with Gasteiger partial charge in [-0.2, -0.15) is 16.9 Å². The summed E-state index contributed by atoms with van der Waals surface area (Å²) in [5.74, 6) is 0.728. The van der Waals surface area contributed by atoms with Gasteiger partial charge in [0, 0.05) is 25.0 Å². The molecule has 0 aliphatic heterocycles. The first-order chi connectivity index (χ1) is 7.36. The topological polar surface area (TPSA) is 90.0 Å². The van der Waals surface area contributed by atoms with Gasteiger partial charge in [0.05, 0.1) is 0 Å². The molecule has 1 atom stereocenters. The van der Waals surface area contributed by atoms with E-state index in [0.717, 1.165) is 0 Å². The summed E-state index contributed by atoms with van der Waals surface area (Å²) in [6.45, 7) is 1.81. The number of nitrogens with one attached hydrogen (secondary N) is 1. The summed E-state index contributed by atoms with van der Waals surface area (Å²) in [4.78, 5) is 0.0305. The molecule has 3 N–H and O–H groups in total. The summed E-state index contributed by atoms with van der Waals surface area (Å²) in [5.41, 5.74) is 5.52. The van der Waals surface area contributed by atoms with Crippen molar-refractivity contribution in [1.82, 2.24) is 14.5 Å². The predicted octanol–water partition coefficient (Wildman–Crippen LogP) is 0.0321. The molecule has 0 saturated heterocycles. The molecule has 1 unspecified atom stereocenters. The Hall–Kier alpha value is -0.730. The molecular weight excluding hydrogens is 248 g/mol. The molecule has 0 fully saturated rings. The van der Waals surface area contributed by atoms with E-state index >= 15 is 0 Å². The van der Waals surface area contributed by atoms with Crippen molar-refractivity contribution in [2.45, 2.75) is 17.9 Å². The first kappa shape index (κ1) is 13.3. The van der Waals surface area contributed by atoms with Crippen LogP contribution in [0.2, 0.25) is 0 Å². The SMILES string of the molecule is CSCC(C)NS(=O)(=O)c1cn(C)nc1N. The Labute approximate surface area is 99.6 Å². The first-order valence-electron chi connectivity index (χ1n) is 4.67. The molecule has 0 aromatic carbocycles. The lowest BCUT2D eigenvalue weighted by Crippen LogP contribution is -2.34. The number of anilines is 1. The molecule has 1 rings (SSSR count). The van der Waals surface area contributed by atoms with Gasteiger partial charge in [0.15, 0.2) is 5.82 Å². The van der Waals surface area contributed by atoms with E-state index in [0.29, 0.717) is 5.75 Å². The van der Waals surface area contributed by atoms with Crippen molar-refractivity contribution < 1.29 is 8.42 Å². The van der Waals surface area contributed by atoms with Crippen LogP contribution in [0.15, 0.2) is 11.1 Å². The Kier molecular flexibility index (Phi) is 4.22. The van der Waals surface area contributed by atoms with Crippen molar-refractivity contribution in [2.24, 2.45) is 7.05 Å². The smallest absolute Gasteiger partial charge is 0.246 e. The highest BCUT2D eigenvalue weighted by atomic mass is 32.2. The Morgan fingerprint density at radius 1 is 1.69 bits per heavy atom. The summed E-state index contributed by atoms with van der Waals surface area (Å²) in [5, 5.41) is 3.80. The van der Waals surface area contributed by atoms with Crippen LogP contribution in [0.4, 0.5) is 5.82 Å². The van der Waals surface area contributed by atoms with Crippen LogP contribution in [0.25, 0.3) is 0 Å². The van der Waals surface area contributed by atoms with Gasteiger partial charge in [0.2, 0.25) is 10.0 Å². The lowest BCUT2D eigenvalue weighted by molar-refractivity contribution is 0.571. The van der Waals surface area contributed by atoms with Crippen LogP contribution >= 0.6 is 11.8 Å². The van der Waals surface area contributed by atoms with Gasteiger partial charge < -0.3 is 5.73 Å². The van der Waals surface area contributed by atoms with Gasteiger partial charge in [-0.1, -0.05) is 0 Å². The molecule has 0 spiro atoms. The number of aromatic nitrogens is 2. The molecule has 0 amide bonds. The number of nitrogen functional groups attached to an aromatic ring is 1. The van der Waals surface area contributed by atoms with Crippen LogP contribution in [0, 0.1) is 0 Å². The van der Waals surface area contributed by atoms with Crippen molar-refractivity contribution in [3.05, 3.63) is 6.20 Å². The molecule has 8 heteroatoms. The van der Waals surface area contributed by atoms with E-state index in [9.17, 15) is 8.42 Å². The third kappa shape index (κ3) is 3.13. The molecule has 0 radical (unpaired) electrons. The van der Waals surface area contributed by atoms with Gasteiger partial charge >= 0.3 is 0 Å². The molecule has 0 bridgehead atoms. The van der Waals surface area contributed by atoms with Gasteiger partial charge in [-0.15, -0.1) is 0 Å². The largest absolute Gasteiger partial charge is 0.381 e. The van der Waals surface area contributed by atoms with E-state index < -0.39 is 10.0 Å². The lowest BCUT2D eigenvalue weighted by Gasteiger charge is -2.11. The zero-order chi connectivity index (χ0) is 12.3. The van der Waals surface area contributed by atoms with E-state index in [1.54, 1.807) is 25.7 Å². The summed E-state index contributed by atoms with van der Waals surface area (Å²) in [6.07, 6.45) is 3.31. The van der Waals surface area contributed by atoms with E-state index in [4.69, 9.17) is 5.73 Å². The minimum atomic E-state index is -3.56. The zero-order valence-electron chi connectivity index (χ0n) is 9.47. The fraction of sp³-hybridized carbons (Fsp3) is 0.625. The second-order valence-corrected chi connectivity index (χ2v) is 6.12. The van der Waals surface area contributed by atoms with Crippen LogP contribution in [0.3, 0.4) is 0 Å². The van der Waals surface area contributed by atoms with Crippen molar-refractivity contribution in [1.29, 1.82) is 0 Å². The number of hydrogen-bond acceptors (Lipinski definition) is 5. The minimum absolute atomic E-state index is 0.0198. The molecule has 16 heavy (non-hydrogen) atoms. The van der Waals surface area contributed by atoms with Gasteiger partial charge in [-0.3, -0.25) is 4.68 Å². The van der Waals surface area contributed by atoms with Crippen LogP contribution in [-0.4, -0.2) is 36.2 Å². The second-order valence-electron chi connectivity index (χ2n) is 3.53. The molecule has 1 heterocycles. The minimum Gasteiger partial charge on any atom is -0.381 e. The van der Waals surface area contributed by atoms with Gasteiger partial charge in [-0.25, -0.2) is 13.1 Å². The van der Waals surface area contributed by atoms with Crippen molar-refractivity contribution in [3.63, 3.8) is 0 Å². The average Bonchev–Trinajstić information content (AvgIpc) is 2.45. The quantitative estimate of drug-likeness (QED) is 0.783. The maximum atomic E-state index is 11.9. The molecular formula is C8H16N4O2S2. The monoisotopic (exact) mass is 264 g/mol. The molecule has 92 valence electrons. The number of thioether (sulfide) groups is 1. The van der Waals surface area contributed by atoms with Crippen LogP contribution in [0.1, 0.15) is 6.92 Å². The zero-order valence-corrected chi connectivity index (χ0v) is 11.1. The number of hydrogen-bond donors (Lipinski definition) is 2. The van der Waals surface area contributed by atoms with E-state index in [1.165, 1.54) is 10.9 Å². The van der Waals surface area contributed by atoms with Crippen LogP contribution < -0.4 is 10.5 Å². The third-order valence-corrected chi connectivity index (χ3v) is 4.32. The summed E-state index contributed by atoms with van der Waals surface area (Å²) in [7, 11) is -1.94. The van der Waals surface area contributed by atoms with Crippen molar-refractivity contribution in [2.75, 3.05) is 17.7 Å². The number of nitrogens with two attached hydrogens (primary N) is 1. The molecule has 6 nitrogen and oxygen atoms in total. The summed E-state index contributed by atoms with van der Waals surface area (Å²) >= 11 is 1.58. The van der Waals surface area contributed by atoms with Gasteiger partial charge in [0.25, 0.3) is 0 Å². The molecule has 1 aromatic heterocycles. The highest BCUT2D eigenvalue weighted by Gasteiger charge is 2.22. The summed E-state index contributed by atoms with van der Waals surface area (Å²) < 4.78 is 27.7. The molecule has 0 aliphatic rings. The van der Waals surface area contributed by atoms with Crippen LogP contribution in [0.5, 0.6) is 0 Å². The van der Waals surface area contributed by atoms with E-state index in [-0.39, 0.29) is 16.8 Å². The van der Waals surface area contributed by atoms with Crippen molar-refractivity contribution in [3.8, 4) is 0 Å². The van der Waals surface area contributed by atoms with Crippen molar-refractivity contribution >= 4 is 27.6 Å². The summed E-state index contributed by atoms with van der Waals surface area (Å²) in [6, 6.07) is -0.139. The van der Waals surface area contributed by atoms with Gasteiger partial charge in [0.1, 0.15) is 4.90 Å². The highest BCUT2D eigenvalue weighted by Crippen LogP contribution is 2.15. The predicted molar refractivity (Wildman–Crippen MR) is 65.8 cm³/mol. The normalized spacial score (nSPS) is 13.9. The molecule has 1 aromatic rings. The van der Waals surface area contributed by atoms with E-state index in [1.807, 2.05) is 6.26 Å². The Morgan fingerprint density at radius 3 is 2.75 bits per heavy atom. The Morgan fingerprint density at radius 2 is 2.31 bits per heavy atom. The maximum Gasteiger partial charge on any atom is 0.246 e. The molecule has 0 saturated carbocycles. The highest BCUT2D eigenvalue weighted by molar-refractivity contribution is 7.98. The number of rotatable bonds is 5. The Balaban J connectivity index is 2.90. The van der Waals surface area contributed by atoms with E-state index in [2.05, 4.69) is 9.82 Å². The fourth-order valence-electron chi connectivity index (χ4n) is 1.30. The van der Waals surface area contributed by atoms with Crippen LogP contribution in [-0.2, 0) is 17.1 Å². The van der Waals surface area contributed by atoms with Gasteiger partial charge in [-0.05, 0) is 13.2 Å². The Bertz CT molecular complexity index is 455.